The molecular formula is C27H37N3O2. The summed E-state index contributed by atoms with van der Waals surface area (Å²) in [7, 11) is 3.72. The molecule has 2 heterocycles. The predicted octanol–water partition coefficient (Wildman–Crippen LogP) is 5.18. The van der Waals surface area contributed by atoms with E-state index in [1.165, 1.54) is 24.8 Å². The maximum Gasteiger partial charge on any atom is 0.255 e. The third-order valence-electron chi connectivity index (χ3n) is 7.30. The highest BCUT2D eigenvalue weighted by Gasteiger charge is 2.29. The van der Waals surface area contributed by atoms with Crippen molar-refractivity contribution in [1.29, 1.82) is 0 Å². The molecule has 4 rings (SSSR count). The maximum atomic E-state index is 13.5. The number of benzene rings is 1. The highest BCUT2D eigenvalue weighted by Crippen LogP contribution is 2.32. The summed E-state index contributed by atoms with van der Waals surface area (Å²) in [5, 5.41) is 0. The highest BCUT2D eigenvalue weighted by molar-refractivity contribution is 5.95. The third-order valence-corrected chi connectivity index (χ3v) is 7.30. The first-order valence-electron chi connectivity index (χ1n) is 12.2. The number of hydrogen-bond donors (Lipinski definition) is 0. The van der Waals surface area contributed by atoms with Crippen molar-refractivity contribution >= 4 is 5.91 Å². The molecule has 5 nitrogen and oxygen atoms in total. The Morgan fingerprint density at radius 2 is 1.78 bits per heavy atom. The van der Waals surface area contributed by atoms with E-state index in [9.17, 15) is 4.79 Å². The van der Waals surface area contributed by atoms with Gasteiger partial charge in [-0.25, -0.2) is 0 Å². The lowest BCUT2D eigenvalue weighted by Crippen LogP contribution is -2.39. The summed E-state index contributed by atoms with van der Waals surface area (Å²) in [4.78, 5) is 22.8. The molecule has 1 saturated carbocycles. The van der Waals surface area contributed by atoms with E-state index in [4.69, 9.17) is 9.72 Å². The number of aryl methyl sites for hydroxylation is 1. The average molecular weight is 436 g/mol. The number of aromatic nitrogens is 1. The molecule has 2 aromatic rings. The quantitative estimate of drug-likeness (QED) is 0.627. The van der Waals surface area contributed by atoms with Crippen molar-refractivity contribution in [3.63, 3.8) is 0 Å². The van der Waals surface area contributed by atoms with Crippen LogP contribution < -0.4 is 4.74 Å². The second-order valence-electron chi connectivity index (χ2n) is 9.46. The fraction of sp³-hybridized carbons (Fsp3) is 0.556. The van der Waals surface area contributed by atoms with Crippen molar-refractivity contribution in [2.75, 3.05) is 27.2 Å². The molecule has 1 aliphatic heterocycles. The Morgan fingerprint density at radius 3 is 2.50 bits per heavy atom. The summed E-state index contributed by atoms with van der Waals surface area (Å²) in [6.07, 6.45) is 8.05. The topological polar surface area (TPSA) is 45.7 Å². The maximum absolute atomic E-state index is 13.5. The van der Waals surface area contributed by atoms with Crippen LogP contribution in [0.2, 0.25) is 0 Å². The number of piperidine rings is 1. The van der Waals surface area contributed by atoms with Gasteiger partial charge in [-0.2, -0.15) is 0 Å². The van der Waals surface area contributed by atoms with Crippen LogP contribution in [0.3, 0.4) is 0 Å². The summed E-state index contributed by atoms with van der Waals surface area (Å²) in [5.74, 6) is 1.44. The smallest absolute Gasteiger partial charge is 0.255 e. The zero-order chi connectivity index (χ0) is 22.5. The lowest BCUT2D eigenvalue weighted by Gasteiger charge is -2.34. The van der Waals surface area contributed by atoms with Crippen LogP contribution in [0.1, 0.15) is 78.2 Å². The number of para-hydroxylation sites is 1. The van der Waals surface area contributed by atoms with E-state index in [0.29, 0.717) is 12.0 Å². The summed E-state index contributed by atoms with van der Waals surface area (Å²) >= 11 is 0. The molecule has 2 aliphatic rings. The van der Waals surface area contributed by atoms with Gasteiger partial charge < -0.3 is 9.64 Å². The fourth-order valence-electron chi connectivity index (χ4n) is 5.33. The van der Waals surface area contributed by atoms with Crippen LogP contribution in [0.25, 0.3) is 0 Å². The molecule has 5 heteroatoms. The van der Waals surface area contributed by atoms with Gasteiger partial charge >= 0.3 is 0 Å². The SMILES string of the molecule is COc1ccccc1CN1CCC(c2nc(C)ccc2C(=O)N(C)C2CCCCC2)CC1. The van der Waals surface area contributed by atoms with Gasteiger partial charge in [0.1, 0.15) is 5.75 Å². The fourth-order valence-corrected chi connectivity index (χ4v) is 5.33. The predicted molar refractivity (Wildman–Crippen MR) is 128 cm³/mol. The minimum Gasteiger partial charge on any atom is -0.496 e. The van der Waals surface area contributed by atoms with Gasteiger partial charge in [0.15, 0.2) is 0 Å². The van der Waals surface area contributed by atoms with Gasteiger partial charge in [-0.3, -0.25) is 14.7 Å². The number of nitrogens with zero attached hydrogens (tertiary/aromatic N) is 3. The summed E-state index contributed by atoms with van der Waals surface area (Å²) in [6.45, 7) is 4.93. The summed E-state index contributed by atoms with van der Waals surface area (Å²) in [6, 6.07) is 12.6. The molecule has 0 unspecified atom stereocenters. The number of rotatable bonds is 6. The first-order chi connectivity index (χ1) is 15.6. The zero-order valence-electron chi connectivity index (χ0n) is 19.8. The van der Waals surface area contributed by atoms with Gasteiger partial charge in [0.05, 0.1) is 18.4 Å². The molecule has 32 heavy (non-hydrogen) atoms. The van der Waals surface area contributed by atoms with Crippen LogP contribution in [0.4, 0.5) is 0 Å². The van der Waals surface area contributed by atoms with Gasteiger partial charge in [-0.15, -0.1) is 0 Å². The number of carbonyl (C=O) groups is 1. The molecule has 1 amide bonds. The van der Waals surface area contributed by atoms with Crippen molar-refractivity contribution in [2.24, 2.45) is 0 Å². The summed E-state index contributed by atoms with van der Waals surface area (Å²) in [5.41, 5.74) is 4.04. The van der Waals surface area contributed by atoms with E-state index in [1.807, 2.05) is 43.1 Å². The van der Waals surface area contributed by atoms with Crippen molar-refractivity contribution in [2.45, 2.75) is 70.4 Å². The number of amides is 1. The molecule has 1 saturated heterocycles. The molecule has 0 atom stereocenters. The lowest BCUT2D eigenvalue weighted by molar-refractivity contribution is 0.0693. The van der Waals surface area contributed by atoms with Crippen LogP contribution in [-0.2, 0) is 6.54 Å². The Kier molecular flexibility index (Phi) is 7.46. The molecule has 172 valence electrons. The lowest BCUT2D eigenvalue weighted by atomic mass is 9.89. The molecule has 0 bridgehead atoms. The molecule has 0 radical (unpaired) electrons. The van der Waals surface area contributed by atoms with E-state index in [2.05, 4.69) is 17.0 Å². The van der Waals surface area contributed by atoms with E-state index in [0.717, 1.165) is 68.0 Å². The van der Waals surface area contributed by atoms with Crippen LogP contribution in [0.15, 0.2) is 36.4 Å². The monoisotopic (exact) mass is 435 g/mol. The molecule has 1 aromatic carbocycles. The van der Waals surface area contributed by atoms with Crippen LogP contribution in [0, 0.1) is 6.92 Å². The van der Waals surface area contributed by atoms with Crippen molar-refractivity contribution < 1.29 is 9.53 Å². The Hall–Kier alpha value is -2.40. The van der Waals surface area contributed by atoms with Crippen LogP contribution in [0.5, 0.6) is 5.75 Å². The van der Waals surface area contributed by atoms with Crippen molar-refractivity contribution in [3.05, 3.63) is 58.9 Å². The largest absolute Gasteiger partial charge is 0.496 e. The first kappa shape index (κ1) is 22.8. The Morgan fingerprint density at radius 1 is 1.06 bits per heavy atom. The number of pyridine rings is 1. The second kappa shape index (κ2) is 10.5. The number of methoxy groups -OCH3 is 1. The minimum atomic E-state index is 0.149. The van der Waals surface area contributed by atoms with Crippen LogP contribution >= 0.6 is 0 Å². The Labute approximate surface area is 192 Å². The minimum absolute atomic E-state index is 0.149. The number of hydrogen-bond acceptors (Lipinski definition) is 4. The van der Waals surface area contributed by atoms with Gasteiger partial charge in [0.25, 0.3) is 5.91 Å². The van der Waals surface area contributed by atoms with Gasteiger partial charge in [0.2, 0.25) is 0 Å². The molecule has 1 aromatic heterocycles. The molecule has 1 aliphatic carbocycles. The van der Waals surface area contributed by atoms with Crippen LogP contribution in [-0.4, -0.2) is 54.0 Å². The number of carbonyl (C=O) groups excluding carboxylic acids is 1. The average Bonchev–Trinajstić information content (AvgIpc) is 2.84. The number of likely N-dealkylation sites (tertiary alicyclic amines) is 1. The van der Waals surface area contributed by atoms with Crippen molar-refractivity contribution in [1.82, 2.24) is 14.8 Å². The van der Waals surface area contributed by atoms with E-state index in [-0.39, 0.29) is 5.91 Å². The Bertz CT molecular complexity index is 915. The normalized spacial score (nSPS) is 18.5. The molecule has 0 spiro atoms. The van der Waals surface area contributed by atoms with E-state index in [1.54, 1.807) is 7.11 Å². The molecular weight excluding hydrogens is 398 g/mol. The zero-order valence-corrected chi connectivity index (χ0v) is 19.8. The van der Waals surface area contributed by atoms with Gasteiger partial charge in [0, 0.05) is 36.8 Å². The summed E-state index contributed by atoms with van der Waals surface area (Å²) < 4.78 is 5.53. The first-order valence-corrected chi connectivity index (χ1v) is 12.2. The third kappa shape index (κ3) is 5.15. The Balaban J connectivity index is 1.45. The van der Waals surface area contributed by atoms with Gasteiger partial charge in [-0.05, 0) is 63.9 Å². The van der Waals surface area contributed by atoms with E-state index < -0.39 is 0 Å². The van der Waals surface area contributed by atoms with E-state index >= 15 is 0 Å². The number of ether oxygens (including phenoxy) is 1. The highest BCUT2D eigenvalue weighted by atomic mass is 16.5. The molecule has 2 fully saturated rings. The van der Waals surface area contributed by atoms with Gasteiger partial charge in [-0.1, -0.05) is 37.5 Å². The molecule has 0 N–H and O–H groups in total. The van der Waals surface area contributed by atoms with Crippen molar-refractivity contribution in [3.8, 4) is 5.75 Å². The second-order valence-corrected chi connectivity index (χ2v) is 9.46. The standard InChI is InChI=1S/C27H37N3O2/c1-20-13-14-24(27(31)29(2)23-10-5-4-6-11-23)26(28-20)21-15-17-30(18-16-21)19-22-9-7-8-12-25(22)32-3/h7-9,12-14,21,23H,4-6,10-11,15-19H2,1-3H3.